The molecule has 4 fully saturated rings. The Bertz CT molecular complexity index is 4510. The van der Waals surface area contributed by atoms with Crippen LogP contribution in [0.2, 0.25) is 0 Å². The van der Waals surface area contributed by atoms with Gasteiger partial charge in [-0.05, 0) is 120 Å². The predicted molar refractivity (Wildman–Crippen MR) is 465 cm³/mol. The van der Waals surface area contributed by atoms with Crippen LogP contribution in [0.1, 0.15) is 255 Å². The third kappa shape index (κ3) is 29.2. The van der Waals surface area contributed by atoms with Crippen LogP contribution in [0.5, 0.6) is 23.5 Å². The van der Waals surface area contributed by atoms with Gasteiger partial charge in [0.1, 0.15) is 49.6 Å². The van der Waals surface area contributed by atoms with Crippen molar-refractivity contribution in [3.63, 3.8) is 0 Å². The molecule has 12 rings (SSSR count). The Labute approximate surface area is 745 Å². The molecule has 8 atom stereocenters. The third-order valence-corrected chi connectivity index (χ3v) is 26.3. The van der Waals surface area contributed by atoms with Gasteiger partial charge in [-0.1, -0.05) is 134 Å². The Hall–Kier alpha value is -11.6. The van der Waals surface area contributed by atoms with E-state index < -0.39 is 50.1 Å². The maximum atomic E-state index is 13.1. The van der Waals surface area contributed by atoms with Crippen molar-refractivity contribution in [3.8, 4) is 47.8 Å². The van der Waals surface area contributed by atoms with Gasteiger partial charge in [0, 0.05) is 78.7 Å². The number of nitrogens with one attached hydrogen (secondary N) is 4. The van der Waals surface area contributed by atoms with E-state index >= 15 is 0 Å². The Morgan fingerprint density at radius 2 is 0.516 bits per heavy atom. The van der Waals surface area contributed by atoms with Crippen LogP contribution in [0.25, 0.3) is 0 Å². The van der Waals surface area contributed by atoms with E-state index in [4.69, 9.17) is 18.9 Å². The summed E-state index contributed by atoms with van der Waals surface area (Å²) in [7, 11) is 0. The molecule has 0 unspecified atom stereocenters. The zero-order valence-electron chi connectivity index (χ0n) is 76.1. The van der Waals surface area contributed by atoms with Crippen molar-refractivity contribution in [2.75, 3.05) is 47.7 Å². The van der Waals surface area contributed by atoms with Crippen molar-refractivity contribution in [1.29, 1.82) is 21.0 Å². The van der Waals surface area contributed by atoms with E-state index in [1.54, 1.807) is 0 Å². The second-order valence-corrected chi connectivity index (χ2v) is 37.1. The van der Waals surface area contributed by atoms with Crippen LogP contribution in [-0.4, -0.2) is 130 Å². The quantitative estimate of drug-likeness (QED) is 0.0284. The molecular weight excluding hydrogens is 1660 g/mol. The Morgan fingerprint density at radius 1 is 0.320 bits per heavy atom. The summed E-state index contributed by atoms with van der Waals surface area (Å²) in [6.07, 6.45) is 34.0. The van der Waals surface area contributed by atoms with Crippen LogP contribution in [0.15, 0.2) is 74.9 Å². The lowest BCUT2D eigenvalue weighted by Crippen LogP contribution is -2.36. The first kappa shape index (κ1) is 100. The van der Waals surface area contributed by atoms with Gasteiger partial charge < -0.3 is 40.2 Å². The normalized spacial score (nSPS) is 20.4. The minimum absolute atomic E-state index is 0.0841. The summed E-state index contributed by atoms with van der Waals surface area (Å²) in [6, 6.07) is 8.80. The van der Waals surface area contributed by atoms with Gasteiger partial charge in [0.25, 0.3) is 23.7 Å². The van der Waals surface area contributed by atoms with Crippen LogP contribution in [-0.2, 0) is 51.9 Å². The molecule has 4 saturated carbocycles. The highest BCUT2D eigenvalue weighted by atomic mass is 19.3. The molecule has 8 aromatic heterocycles. The summed E-state index contributed by atoms with van der Waals surface area (Å²) in [5.41, 5.74) is 7.49. The molecule has 4 N–H and O–H groups in total. The van der Waals surface area contributed by atoms with E-state index in [1.165, 1.54) is 126 Å². The number of ether oxygens (including phenoxy) is 4. The molecule has 0 radical (unpaired) electrons. The lowest BCUT2D eigenvalue weighted by molar-refractivity contribution is -0.0249. The molecule has 0 aliphatic heterocycles. The molecule has 36 heteroatoms. The van der Waals surface area contributed by atoms with Crippen molar-refractivity contribution < 1.29 is 54.1 Å². The third-order valence-electron chi connectivity index (χ3n) is 26.3. The van der Waals surface area contributed by atoms with E-state index in [9.17, 15) is 56.2 Å². The van der Waals surface area contributed by atoms with Crippen molar-refractivity contribution in [3.05, 3.63) is 142 Å². The van der Waals surface area contributed by atoms with Crippen molar-refractivity contribution in [2.45, 2.75) is 263 Å². The molecular formula is C92H120F8N24O4. The molecule has 0 amide bonds. The zero-order chi connectivity index (χ0) is 93.4. The molecule has 0 spiro atoms. The van der Waals surface area contributed by atoms with E-state index in [0.29, 0.717) is 141 Å². The predicted octanol–water partition coefficient (Wildman–Crippen LogP) is 19.2. The molecule has 128 heavy (non-hydrogen) atoms. The summed E-state index contributed by atoms with van der Waals surface area (Å²) >= 11 is 0. The summed E-state index contributed by atoms with van der Waals surface area (Å²) < 4.78 is 126. The molecule has 0 aromatic carbocycles. The standard InChI is InChI=1S/4C23H30F2N6O/c4*1-15-6-5-7-18(22(15,2)3)8-19-16(9-26)11-28-21(31-19)29-12-17-10-27-14-30-20(17)32-13-23(4,24)25/h4*10-11,14-15,18H,5-8,12-13H2,1-4H3,(H,28,29,31)/t2*15-,18+;2*15-,18-/m1010/s1. The second-order valence-electron chi connectivity index (χ2n) is 37.1. The molecule has 8 aromatic rings. The molecule has 688 valence electrons. The highest BCUT2D eigenvalue weighted by molar-refractivity contribution is 5.43. The summed E-state index contributed by atoms with van der Waals surface area (Å²) in [6.45, 7) is 28.4. The van der Waals surface area contributed by atoms with Crippen LogP contribution >= 0.6 is 0 Å². The molecule has 0 saturated heterocycles. The van der Waals surface area contributed by atoms with Gasteiger partial charge in [0.2, 0.25) is 47.3 Å². The van der Waals surface area contributed by atoms with E-state index in [-0.39, 0.29) is 71.4 Å². The lowest BCUT2D eigenvalue weighted by atomic mass is 9.61. The fraction of sp³-hybridized carbons (Fsp3) is 0.609. The van der Waals surface area contributed by atoms with Crippen molar-refractivity contribution in [2.24, 2.45) is 69.0 Å². The average Bonchev–Trinajstić information content (AvgIpc) is 0.808. The SMILES string of the molecule is C[C@@H]1CCC[C@@H](Cc2nc(NCc3cncnc3OCC(C)(F)F)ncc2C#N)C1(C)C.C[C@@H]1CCC[C@H](Cc2nc(NCc3cncnc3OCC(C)(F)F)ncc2C#N)C1(C)C.C[C@H]1CCC[C@@H](Cc2nc(NCc3cncnc3OCC(C)(F)F)ncc2C#N)C1(C)C.C[C@H]1CCC[C@H](Cc2nc(NCc3cncnc3OCC(C)(F)F)ncc2C#N)C1(C)C. The van der Waals surface area contributed by atoms with Gasteiger partial charge in [0.05, 0.1) is 92.1 Å². The maximum Gasteiger partial charge on any atom is 0.278 e. The van der Waals surface area contributed by atoms with Crippen LogP contribution in [0.4, 0.5) is 58.9 Å². The van der Waals surface area contributed by atoms with Crippen molar-refractivity contribution in [1.82, 2.24) is 79.7 Å². The van der Waals surface area contributed by atoms with Gasteiger partial charge in [0.15, 0.2) is 26.4 Å². The van der Waals surface area contributed by atoms with Crippen LogP contribution in [0, 0.1) is 114 Å². The van der Waals surface area contributed by atoms with Gasteiger partial charge in [-0.15, -0.1) is 0 Å². The van der Waals surface area contributed by atoms with Crippen LogP contribution < -0.4 is 40.2 Å². The van der Waals surface area contributed by atoms with E-state index in [1.807, 2.05) is 0 Å². The number of alkyl halides is 8. The zero-order valence-corrected chi connectivity index (χ0v) is 76.1. The van der Waals surface area contributed by atoms with Crippen molar-refractivity contribution >= 4 is 23.8 Å². The molecule has 0 bridgehead atoms. The van der Waals surface area contributed by atoms with Gasteiger partial charge in [-0.3, -0.25) is 0 Å². The van der Waals surface area contributed by atoms with Gasteiger partial charge in [-0.25, -0.2) is 115 Å². The Kier molecular flexibility index (Phi) is 34.8. The maximum absolute atomic E-state index is 13.1. The first-order chi connectivity index (χ1) is 60.4. The number of hydrogen-bond acceptors (Lipinski definition) is 28. The first-order valence-corrected chi connectivity index (χ1v) is 43.6. The minimum Gasteiger partial charge on any atom is -0.471 e. The van der Waals surface area contributed by atoms with E-state index in [0.717, 1.165) is 76.2 Å². The molecule has 8 heterocycles. The number of nitriles is 4. The topological polar surface area (TPSA) is 386 Å². The minimum atomic E-state index is -2.97. The van der Waals surface area contributed by atoms with E-state index in [2.05, 4.69) is 208 Å². The summed E-state index contributed by atoms with van der Waals surface area (Å²) in [5, 5.41) is 50.5. The number of nitrogens with zero attached hydrogens (tertiary/aromatic N) is 20. The highest BCUT2D eigenvalue weighted by Crippen LogP contribution is 2.50. The highest BCUT2D eigenvalue weighted by Gasteiger charge is 2.43. The fourth-order valence-corrected chi connectivity index (χ4v) is 16.5. The molecule has 4 aliphatic rings. The van der Waals surface area contributed by atoms with Gasteiger partial charge in [-0.2, -0.15) is 21.0 Å². The number of rotatable bonds is 32. The smallest absolute Gasteiger partial charge is 0.278 e. The average molecular weight is 1780 g/mol. The fourth-order valence-electron chi connectivity index (χ4n) is 16.5. The Balaban J connectivity index is 0.000000193. The number of hydrogen-bond donors (Lipinski definition) is 4. The Morgan fingerprint density at radius 3 is 0.695 bits per heavy atom. The molecule has 28 nitrogen and oxygen atoms in total. The number of aromatic nitrogens is 16. The first-order valence-electron chi connectivity index (χ1n) is 43.6. The number of anilines is 4. The lowest BCUT2D eigenvalue weighted by Gasteiger charge is -2.44. The summed E-state index contributed by atoms with van der Waals surface area (Å²) in [4.78, 5) is 67.0. The number of halogens is 8. The van der Waals surface area contributed by atoms with Crippen LogP contribution in [0.3, 0.4) is 0 Å². The largest absolute Gasteiger partial charge is 0.471 e. The molecule has 4 aliphatic carbocycles. The monoisotopic (exact) mass is 1780 g/mol. The summed E-state index contributed by atoms with van der Waals surface area (Å²) in [5.74, 6) is -5.94. The second kappa shape index (κ2) is 44.4. The van der Waals surface area contributed by atoms with Gasteiger partial charge >= 0.3 is 0 Å².